The maximum Gasteiger partial charge on any atom is 0.152 e. The summed E-state index contributed by atoms with van der Waals surface area (Å²) in [6, 6.07) is 9.62. The van der Waals surface area contributed by atoms with Gasteiger partial charge in [-0.25, -0.2) is 13.4 Å². The van der Waals surface area contributed by atoms with Crippen molar-refractivity contribution in [2.75, 3.05) is 23.5 Å². The molecule has 0 aliphatic carbocycles. The van der Waals surface area contributed by atoms with Gasteiger partial charge in [-0.1, -0.05) is 24.3 Å². The van der Waals surface area contributed by atoms with E-state index in [1.807, 2.05) is 42.3 Å². The van der Waals surface area contributed by atoms with Gasteiger partial charge in [-0.2, -0.15) is 0 Å². The second-order valence-corrected chi connectivity index (χ2v) is 7.71. The number of pyridine rings is 1. The second-order valence-electron chi connectivity index (χ2n) is 5.48. The number of benzene rings is 1. The van der Waals surface area contributed by atoms with Crippen molar-refractivity contribution in [3.63, 3.8) is 0 Å². The Morgan fingerprint density at radius 2 is 2.14 bits per heavy atom. The fraction of sp³-hybridized carbons (Fsp3) is 0.400. The molecule has 0 amide bonds. The quantitative estimate of drug-likeness (QED) is 0.927. The first-order chi connectivity index (χ1) is 10.00. The topological polar surface area (TPSA) is 70.5 Å². The number of hydrogen-bond donors (Lipinski definition) is 1. The van der Waals surface area contributed by atoms with Crippen LogP contribution in [0.2, 0.25) is 0 Å². The Morgan fingerprint density at radius 3 is 2.81 bits per heavy atom. The number of aromatic nitrogens is 1. The molecule has 1 aliphatic heterocycles. The summed E-state index contributed by atoms with van der Waals surface area (Å²) in [4.78, 5) is 6.43. The highest BCUT2D eigenvalue weighted by Gasteiger charge is 2.31. The Labute approximate surface area is 124 Å². The zero-order valence-corrected chi connectivity index (χ0v) is 12.7. The van der Waals surface area contributed by atoms with Crippen LogP contribution >= 0.6 is 0 Å². The minimum Gasteiger partial charge on any atom is -0.390 e. The van der Waals surface area contributed by atoms with E-state index in [1.165, 1.54) is 0 Å². The molecular weight excluding hydrogens is 288 g/mol. The zero-order valence-electron chi connectivity index (χ0n) is 11.9. The van der Waals surface area contributed by atoms with Gasteiger partial charge in [0.15, 0.2) is 9.84 Å². The molecule has 0 saturated carbocycles. The fourth-order valence-electron chi connectivity index (χ4n) is 2.84. The van der Waals surface area contributed by atoms with Crippen molar-refractivity contribution >= 4 is 26.4 Å². The van der Waals surface area contributed by atoms with E-state index in [4.69, 9.17) is 0 Å². The first-order valence-electron chi connectivity index (χ1n) is 6.93. The van der Waals surface area contributed by atoms with Gasteiger partial charge < -0.3 is 10.0 Å². The molecule has 1 saturated heterocycles. The van der Waals surface area contributed by atoms with Gasteiger partial charge in [0, 0.05) is 18.5 Å². The van der Waals surface area contributed by atoms with Crippen LogP contribution in [0.15, 0.2) is 30.3 Å². The van der Waals surface area contributed by atoms with E-state index in [0.717, 1.165) is 16.6 Å². The average Bonchev–Trinajstić information content (AvgIpc) is 2.85. The van der Waals surface area contributed by atoms with Crippen LogP contribution < -0.4 is 4.90 Å². The Bertz CT molecular complexity index is 774. The highest BCUT2D eigenvalue weighted by atomic mass is 32.2. The molecule has 112 valence electrons. The lowest BCUT2D eigenvalue weighted by Crippen LogP contribution is -2.33. The van der Waals surface area contributed by atoms with Crippen LogP contribution in [0.25, 0.3) is 10.8 Å². The van der Waals surface area contributed by atoms with Gasteiger partial charge >= 0.3 is 0 Å². The monoisotopic (exact) mass is 306 g/mol. The zero-order chi connectivity index (χ0) is 15.0. The molecule has 0 radical (unpaired) electrons. The number of anilines is 1. The van der Waals surface area contributed by atoms with Crippen molar-refractivity contribution in [3.8, 4) is 0 Å². The number of rotatable bonds is 3. The lowest BCUT2D eigenvalue weighted by Gasteiger charge is -2.26. The number of aliphatic hydroxyl groups excluding tert-OH is 1. The van der Waals surface area contributed by atoms with Crippen LogP contribution in [0.5, 0.6) is 0 Å². The van der Waals surface area contributed by atoms with Gasteiger partial charge in [0.1, 0.15) is 5.82 Å². The molecule has 1 fully saturated rings. The summed E-state index contributed by atoms with van der Waals surface area (Å²) in [6.07, 6.45) is 0.623. The van der Waals surface area contributed by atoms with E-state index >= 15 is 0 Å². The largest absolute Gasteiger partial charge is 0.390 e. The van der Waals surface area contributed by atoms with Crippen molar-refractivity contribution in [3.05, 3.63) is 36.0 Å². The first kappa shape index (κ1) is 14.3. The third kappa shape index (κ3) is 2.73. The van der Waals surface area contributed by atoms with E-state index < -0.39 is 9.84 Å². The van der Waals surface area contributed by atoms with Gasteiger partial charge in [0.25, 0.3) is 0 Å². The second kappa shape index (κ2) is 5.27. The molecule has 3 rings (SSSR count). The van der Waals surface area contributed by atoms with Crippen LogP contribution in [-0.4, -0.2) is 43.1 Å². The van der Waals surface area contributed by atoms with Crippen LogP contribution in [-0.2, 0) is 16.4 Å². The van der Waals surface area contributed by atoms with Crippen molar-refractivity contribution in [2.45, 2.75) is 19.1 Å². The summed E-state index contributed by atoms with van der Waals surface area (Å²) < 4.78 is 23.4. The number of sulfone groups is 1. The van der Waals surface area contributed by atoms with Gasteiger partial charge in [0.05, 0.1) is 23.8 Å². The molecule has 1 N–H and O–H groups in total. The molecule has 0 bridgehead atoms. The molecule has 1 unspecified atom stereocenters. The van der Waals surface area contributed by atoms with Crippen LogP contribution in [0.4, 0.5) is 5.82 Å². The van der Waals surface area contributed by atoms with E-state index in [-0.39, 0.29) is 24.2 Å². The van der Waals surface area contributed by atoms with Gasteiger partial charge in [-0.3, -0.25) is 0 Å². The maximum absolute atomic E-state index is 11.7. The molecule has 2 heterocycles. The molecule has 1 aliphatic rings. The highest BCUT2D eigenvalue weighted by Crippen LogP contribution is 2.29. The summed E-state index contributed by atoms with van der Waals surface area (Å²) in [6.45, 7) is -0.130. The van der Waals surface area contributed by atoms with E-state index in [9.17, 15) is 13.5 Å². The summed E-state index contributed by atoms with van der Waals surface area (Å²) >= 11 is 0. The Balaban J connectivity index is 2.06. The van der Waals surface area contributed by atoms with E-state index in [2.05, 4.69) is 4.98 Å². The normalized spacial score (nSPS) is 20.8. The summed E-state index contributed by atoms with van der Waals surface area (Å²) in [5, 5.41) is 11.3. The van der Waals surface area contributed by atoms with Gasteiger partial charge in [0.2, 0.25) is 0 Å². The number of nitrogens with zero attached hydrogens (tertiary/aromatic N) is 2. The van der Waals surface area contributed by atoms with E-state index in [0.29, 0.717) is 12.1 Å². The lowest BCUT2D eigenvalue weighted by atomic mass is 10.1. The van der Waals surface area contributed by atoms with Crippen molar-refractivity contribution in [1.82, 2.24) is 4.98 Å². The molecule has 1 aromatic heterocycles. The molecule has 0 spiro atoms. The van der Waals surface area contributed by atoms with Crippen molar-refractivity contribution in [2.24, 2.45) is 0 Å². The van der Waals surface area contributed by atoms with Gasteiger partial charge in [-0.15, -0.1) is 0 Å². The summed E-state index contributed by atoms with van der Waals surface area (Å²) in [7, 11) is -1.06. The van der Waals surface area contributed by atoms with Crippen molar-refractivity contribution < 1.29 is 13.5 Å². The third-order valence-electron chi connectivity index (χ3n) is 4.03. The molecule has 1 atom stereocenters. The minimum absolute atomic E-state index is 0.0557. The molecule has 5 nitrogen and oxygen atoms in total. The Morgan fingerprint density at radius 1 is 1.38 bits per heavy atom. The minimum atomic E-state index is -2.94. The molecular formula is C15H18N2O3S. The molecule has 2 aromatic rings. The van der Waals surface area contributed by atoms with Crippen LogP contribution in [0.3, 0.4) is 0 Å². The number of hydrogen-bond acceptors (Lipinski definition) is 5. The predicted molar refractivity (Wildman–Crippen MR) is 83.1 cm³/mol. The van der Waals surface area contributed by atoms with E-state index in [1.54, 1.807) is 0 Å². The highest BCUT2D eigenvalue weighted by molar-refractivity contribution is 7.91. The van der Waals surface area contributed by atoms with Crippen molar-refractivity contribution in [1.29, 1.82) is 0 Å². The lowest BCUT2D eigenvalue weighted by molar-refractivity contribution is 0.277. The third-order valence-corrected chi connectivity index (χ3v) is 5.78. The summed E-state index contributed by atoms with van der Waals surface area (Å²) in [5.41, 5.74) is 0.594. The molecule has 6 heteroatoms. The molecule has 1 aromatic carbocycles. The first-order valence-corrected chi connectivity index (χ1v) is 8.75. The summed E-state index contributed by atoms with van der Waals surface area (Å²) in [5.74, 6) is 1.14. The maximum atomic E-state index is 11.7. The molecule has 21 heavy (non-hydrogen) atoms. The van der Waals surface area contributed by atoms with Gasteiger partial charge in [-0.05, 0) is 17.9 Å². The SMILES string of the molecule is CN(c1nc(CO)cc2ccccc12)C1CCS(=O)(=O)C1. The van der Waals surface area contributed by atoms with Crippen LogP contribution in [0.1, 0.15) is 12.1 Å². The Hall–Kier alpha value is -1.66. The smallest absolute Gasteiger partial charge is 0.152 e. The van der Waals surface area contributed by atoms with Crippen LogP contribution in [0, 0.1) is 0 Å². The predicted octanol–water partition coefficient (Wildman–Crippen LogP) is 1.35. The average molecular weight is 306 g/mol. The standard InChI is InChI=1S/C15H18N2O3S/c1-17(13-6-7-21(19,20)10-13)15-14-5-3-2-4-11(14)8-12(9-18)16-15/h2-5,8,13,18H,6-7,9-10H2,1H3. The number of aliphatic hydroxyl groups is 1. The Kier molecular flexibility index (Phi) is 3.59. The number of fused-ring (bicyclic) bond motifs is 1. The fourth-order valence-corrected chi connectivity index (χ4v) is 4.61.